The second-order valence-electron chi connectivity index (χ2n) is 15.9. The van der Waals surface area contributed by atoms with Crippen molar-refractivity contribution >= 4 is 33.2 Å². The highest BCUT2D eigenvalue weighted by molar-refractivity contribution is 6.22. The molecule has 4 saturated carbocycles. The maximum absolute atomic E-state index is 14.0. The first-order valence-electron chi connectivity index (χ1n) is 16.9. The predicted octanol–water partition coefficient (Wildman–Crippen LogP) is 6.35. The number of methoxy groups -OCH3 is 1. The number of carbonyl (C=O) groups excluding carboxylic acids is 1. The van der Waals surface area contributed by atoms with E-state index in [1.165, 1.54) is 25.7 Å². The largest absolute Gasteiger partial charge is 0.496 e. The van der Waals surface area contributed by atoms with Gasteiger partial charge in [0.1, 0.15) is 18.0 Å². The lowest BCUT2D eigenvalue weighted by Gasteiger charge is -2.64. The van der Waals surface area contributed by atoms with Crippen molar-refractivity contribution in [2.75, 3.05) is 20.5 Å². The normalized spacial score (nSPS) is 34.0. The molecule has 9 nitrogen and oxygen atoms in total. The molecule has 0 amide bonds. The summed E-state index contributed by atoms with van der Waals surface area (Å²) >= 11 is 0. The fraction of sp³-hybridized carbons (Fsp3) is 0.595. The summed E-state index contributed by atoms with van der Waals surface area (Å²) in [6.07, 6.45) is 9.89. The quantitative estimate of drug-likeness (QED) is 0.146. The van der Waals surface area contributed by atoms with Gasteiger partial charge in [0, 0.05) is 16.8 Å². The van der Waals surface area contributed by atoms with Gasteiger partial charge in [-0.1, -0.05) is 39.3 Å². The third-order valence-electron chi connectivity index (χ3n) is 13.3. The number of quaternary nitrogens is 1. The SMILES string of the molecule is COc1cccc2c1cc([NH+](O)O)c1c(C(=O)OCC3(O)CC45CCC6C(C)(C)CCCC6(C)C4CCC3C5)cc3c(c12)OCO3. The van der Waals surface area contributed by atoms with Crippen LogP contribution in [0.3, 0.4) is 0 Å². The summed E-state index contributed by atoms with van der Waals surface area (Å²) in [6, 6.07) is 8.63. The van der Waals surface area contributed by atoms with E-state index in [4.69, 9.17) is 18.9 Å². The molecule has 246 valence electrons. The first-order valence-corrected chi connectivity index (χ1v) is 16.9. The van der Waals surface area contributed by atoms with Crippen molar-refractivity contribution in [3.05, 3.63) is 35.9 Å². The Labute approximate surface area is 269 Å². The molecule has 4 N–H and O–H groups in total. The third kappa shape index (κ3) is 4.17. The monoisotopic (exact) mass is 632 g/mol. The Morgan fingerprint density at radius 3 is 2.61 bits per heavy atom. The summed E-state index contributed by atoms with van der Waals surface area (Å²) in [5, 5.41) is 34.4. The minimum absolute atomic E-state index is 0.0327. The Morgan fingerprint density at radius 2 is 1.83 bits per heavy atom. The number of ether oxygens (including phenoxy) is 4. The first kappa shape index (κ1) is 30.2. The van der Waals surface area contributed by atoms with Crippen LogP contribution >= 0.6 is 0 Å². The summed E-state index contributed by atoms with van der Waals surface area (Å²) in [5.41, 5.74) is -0.218. The van der Waals surface area contributed by atoms with Crippen LogP contribution in [0.4, 0.5) is 5.69 Å². The van der Waals surface area contributed by atoms with E-state index in [9.17, 15) is 20.3 Å². The molecule has 1 heterocycles. The molecule has 9 heteroatoms. The van der Waals surface area contributed by atoms with Gasteiger partial charge < -0.3 is 24.1 Å². The van der Waals surface area contributed by atoms with Gasteiger partial charge in [0.25, 0.3) is 0 Å². The van der Waals surface area contributed by atoms with Crippen LogP contribution in [0.2, 0.25) is 0 Å². The number of hydrogen-bond donors (Lipinski definition) is 4. The van der Waals surface area contributed by atoms with Crippen LogP contribution in [0.25, 0.3) is 21.5 Å². The fourth-order valence-corrected chi connectivity index (χ4v) is 11.6. The molecule has 4 fully saturated rings. The van der Waals surface area contributed by atoms with E-state index in [1.54, 1.807) is 25.3 Å². The second kappa shape index (κ2) is 10.2. The molecule has 3 aromatic rings. The highest BCUT2D eigenvalue weighted by Crippen LogP contribution is 2.73. The molecule has 2 bridgehead atoms. The van der Waals surface area contributed by atoms with E-state index >= 15 is 0 Å². The molecule has 3 aromatic carbocycles. The third-order valence-corrected chi connectivity index (χ3v) is 13.3. The molecular weight excluding hydrogens is 586 g/mol. The molecule has 6 unspecified atom stereocenters. The van der Waals surface area contributed by atoms with Gasteiger partial charge in [-0.05, 0) is 108 Å². The predicted molar refractivity (Wildman–Crippen MR) is 170 cm³/mol. The molecule has 4 aliphatic carbocycles. The van der Waals surface area contributed by atoms with E-state index in [1.807, 2.05) is 12.1 Å². The van der Waals surface area contributed by atoms with Crippen molar-refractivity contribution in [3.63, 3.8) is 0 Å². The molecular formula is C37H46NO8+. The van der Waals surface area contributed by atoms with Crippen LogP contribution in [0, 0.1) is 34.0 Å². The van der Waals surface area contributed by atoms with E-state index in [2.05, 4.69) is 20.8 Å². The topological polar surface area (TPSA) is 119 Å². The number of hydrogen-bond acceptors (Lipinski definition) is 8. The number of rotatable bonds is 5. The Morgan fingerprint density at radius 1 is 1.00 bits per heavy atom. The Hall–Kier alpha value is -3.11. The number of aliphatic hydroxyl groups is 1. The van der Waals surface area contributed by atoms with Crippen LogP contribution in [0.15, 0.2) is 30.3 Å². The van der Waals surface area contributed by atoms with Gasteiger partial charge in [0.2, 0.25) is 12.5 Å². The van der Waals surface area contributed by atoms with Crippen molar-refractivity contribution < 1.29 is 44.5 Å². The van der Waals surface area contributed by atoms with E-state index in [0.717, 1.165) is 25.7 Å². The number of fused-ring (bicyclic) bond motifs is 8. The second-order valence-corrected chi connectivity index (χ2v) is 15.9. The summed E-state index contributed by atoms with van der Waals surface area (Å²) in [6.45, 7) is 7.33. The van der Waals surface area contributed by atoms with Gasteiger partial charge >= 0.3 is 5.97 Å². The number of nitrogens with one attached hydrogen (secondary N) is 1. The minimum atomic E-state index is -1.10. The molecule has 1 aliphatic heterocycles. The van der Waals surface area contributed by atoms with Crippen LogP contribution in [-0.4, -0.2) is 47.6 Å². The zero-order valence-electron chi connectivity index (χ0n) is 27.3. The van der Waals surface area contributed by atoms with Crippen molar-refractivity contribution in [1.82, 2.24) is 0 Å². The lowest BCUT2D eigenvalue weighted by Crippen LogP contribution is -3.02. The Balaban J connectivity index is 1.14. The number of benzene rings is 3. The molecule has 0 saturated heterocycles. The molecule has 5 aliphatic rings. The average molecular weight is 633 g/mol. The van der Waals surface area contributed by atoms with Gasteiger partial charge in [-0.25, -0.2) is 4.79 Å². The maximum Gasteiger partial charge on any atom is 0.339 e. The van der Waals surface area contributed by atoms with E-state index in [-0.39, 0.29) is 46.8 Å². The van der Waals surface area contributed by atoms with Gasteiger partial charge in [-0.2, -0.15) is 10.4 Å². The molecule has 46 heavy (non-hydrogen) atoms. The first-order chi connectivity index (χ1) is 21.9. The van der Waals surface area contributed by atoms with Gasteiger partial charge in [-0.3, -0.25) is 0 Å². The standard InChI is InChI=1S/C37H45NO8/c1-34(2)12-6-13-35(3)28(34)11-14-36-17-21(9-10-29(35)36)37(40,18-36)19-44-33(39)24-16-27-32(46-20-45-27)31-22-7-5-8-26(43-4)23(22)15-25(30(24)31)38(41)42/h5,7-8,15-16,21,28-29,40-42H,6,9-14,17-20H2,1-4H3/p+1. The molecule has 1 spiro atoms. The fourth-order valence-electron chi connectivity index (χ4n) is 11.6. The number of carbonyl (C=O) groups is 1. The van der Waals surface area contributed by atoms with E-state index in [0.29, 0.717) is 57.1 Å². The highest BCUT2D eigenvalue weighted by atomic mass is 16.8. The average Bonchev–Trinajstić information content (AvgIpc) is 3.57. The van der Waals surface area contributed by atoms with E-state index < -0.39 is 16.8 Å². The number of esters is 1. The Kier molecular flexibility index (Phi) is 6.70. The molecule has 0 radical (unpaired) electrons. The van der Waals surface area contributed by atoms with Crippen molar-refractivity contribution in [2.24, 2.45) is 34.0 Å². The molecule has 6 atom stereocenters. The van der Waals surface area contributed by atoms with Crippen LogP contribution in [0.1, 0.15) is 88.9 Å². The van der Waals surface area contributed by atoms with Crippen molar-refractivity contribution in [2.45, 2.75) is 84.2 Å². The zero-order valence-corrected chi connectivity index (χ0v) is 27.3. The lowest BCUT2D eigenvalue weighted by atomic mass is 9.41. The van der Waals surface area contributed by atoms with Crippen molar-refractivity contribution in [1.29, 1.82) is 0 Å². The minimum Gasteiger partial charge on any atom is -0.496 e. The summed E-state index contributed by atoms with van der Waals surface area (Å²) in [4.78, 5) is 14.0. The molecule has 0 aromatic heterocycles. The summed E-state index contributed by atoms with van der Waals surface area (Å²) in [5.74, 6) is 2.04. The van der Waals surface area contributed by atoms with Gasteiger partial charge in [-0.15, -0.1) is 0 Å². The molecule has 8 rings (SSSR count). The smallest absolute Gasteiger partial charge is 0.339 e. The van der Waals surface area contributed by atoms with Crippen molar-refractivity contribution in [3.8, 4) is 17.2 Å². The Bertz CT molecular complexity index is 1750. The summed E-state index contributed by atoms with van der Waals surface area (Å²) < 4.78 is 23.2. The van der Waals surface area contributed by atoms with Crippen LogP contribution in [-0.2, 0) is 4.74 Å². The van der Waals surface area contributed by atoms with Crippen LogP contribution in [0.5, 0.6) is 17.2 Å². The summed E-state index contributed by atoms with van der Waals surface area (Å²) in [7, 11) is 1.55. The van der Waals surface area contributed by atoms with Gasteiger partial charge in [0.15, 0.2) is 11.5 Å². The van der Waals surface area contributed by atoms with Crippen LogP contribution < -0.4 is 19.4 Å². The van der Waals surface area contributed by atoms with Gasteiger partial charge in [0.05, 0.1) is 18.1 Å². The lowest BCUT2D eigenvalue weighted by molar-refractivity contribution is -1.19. The zero-order chi connectivity index (χ0) is 32.2. The highest BCUT2D eigenvalue weighted by Gasteiger charge is 2.67. The maximum atomic E-state index is 14.0.